The van der Waals surface area contributed by atoms with E-state index in [0.29, 0.717) is 25.2 Å². The maximum atomic E-state index is 11.8. The summed E-state index contributed by atoms with van der Waals surface area (Å²) in [5.74, 6) is -0.637. The van der Waals surface area contributed by atoms with Crippen LogP contribution in [0.15, 0.2) is 6.20 Å². The summed E-state index contributed by atoms with van der Waals surface area (Å²) in [6.45, 7) is 6.54. The first-order valence-electron chi connectivity index (χ1n) is 8.43. The number of aromatic nitrogens is 2. The molecule has 146 valence electrons. The summed E-state index contributed by atoms with van der Waals surface area (Å²) in [5.41, 5.74) is -0.298. The number of alkyl carbamates (subject to hydrolysis) is 1. The number of piperidine rings is 1. The van der Waals surface area contributed by atoms with Crippen LogP contribution in [0.4, 0.5) is 16.3 Å². The third-order valence-corrected chi connectivity index (χ3v) is 4.83. The molecule has 1 aromatic heterocycles. The topological polar surface area (TPSA) is 112 Å². The summed E-state index contributed by atoms with van der Waals surface area (Å²) in [7, 11) is 4.67. The Morgan fingerprint density at radius 2 is 2.15 bits per heavy atom. The van der Waals surface area contributed by atoms with Crippen LogP contribution >= 0.6 is 0 Å². The lowest BCUT2D eigenvalue weighted by Gasteiger charge is -2.49. The molecule has 0 aliphatic carbocycles. The van der Waals surface area contributed by atoms with Crippen LogP contribution in [0.1, 0.15) is 33.6 Å². The number of ether oxygens (including phenoxy) is 2. The van der Waals surface area contributed by atoms with Crippen molar-refractivity contribution in [1.82, 2.24) is 15.1 Å². The van der Waals surface area contributed by atoms with Crippen molar-refractivity contribution in [2.45, 2.75) is 45.4 Å². The van der Waals surface area contributed by atoms with Gasteiger partial charge in [-0.3, -0.25) is 10.1 Å². The van der Waals surface area contributed by atoms with E-state index in [4.69, 9.17) is 9.47 Å². The third-order valence-electron chi connectivity index (χ3n) is 4.83. The summed E-state index contributed by atoms with van der Waals surface area (Å²) in [5, 5.41) is 17.9. The first-order valence-corrected chi connectivity index (χ1v) is 8.43. The van der Waals surface area contributed by atoms with Crippen molar-refractivity contribution in [3.05, 3.63) is 16.3 Å². The second kappa shape index (κ2) is 7.10. The van der Waals surface area contributed by atoms with Crippen LogP contribution in [0.25, 0.3) is 0 Å². The van der Waals surface area contributed by atoms with Gasteiger partial charge in [0.1, 0.15) is 6.20 Å². The molecule has 1 N–H and O–H groups in total. The Morgan fingerprint density at radius 1 is 1.50 bits per heavy atom. The molecular weight excluding hydrogens is 342 g/mol. The number of hydrogen-bond donors (Lipinski definition) is 1. The lowest BCUT2D eigenvalue weighted by atomic mass is 9.78. The molecule has 0 aromatic carbocycles. The van der Waals surface area contributed by atoms with E-state index in [-0.39, 0.29) is 17.1 Å². The molecule has 26 heavy (non-hydrogen) atoms. The fraction of sp³-hybridized carbons (Fsp3) is 0.750. The smallest absolute Gasteiger partial charge is 0.409 e. The summed E-state index contributed by atoms with van der Waals surface area (Å²) in [6, 6.07) is -0.171. The molecule has 1 aliphatic heterocycles. The molecule has 0 bridgehead atoms. The minimum atomic E-state index is -1.08. The summed E-state index contributed by atoms with van der Waals surface area (Å²) in [6.07, 6.45) is 1.45. The molecule has 0 spiro atoms. The molecule has 1 fully saturated rings. The van der Waals surface area contributed by atoms with Crippen LogP contribution in [-0.2, 0) is 16.5 Å². The van der Waals surface area contributed by atoms with Gasteiger partial charge in [-0.05, 0) is 5.41 Å². The Hall–Kier alpha value is -2.36. The number of nitrogens with one attached hydrogen (secondary N) is 1. The summed E-state index contributed by atoms with van der Waals surface area (Å²) in [4.78, 5) is 24.7. The molecule has 2 rings (SSSR count). The summed E-state index contributed by atoms with van der Waals surface area (Å²) < 4.78 is 12.6. The zero-order valence-electron chi connectivity index (χ0n) is 16.1. The number of rotatable bonds is 4. The fourth-order valence-electron chi connectivity index (χ4n) is 3.40. The van der Waals surface area contributed by atoms with Crippen molar-refractivity contribution in [3.63, 3.8) is 0 Å². The number of carbonyl (C=O) groups is 1. The first kappa shape index (κ1) is 20.0. The van der Waals surface area contributed by atoms with Crippen LogP contribution in [0.5, 0.6) is 0 Å². The number of nitrogens with zero attached hydrogens (tertiary/aromatic N) is 4. The highest BCUT2D eigenvalue weighted by Gasteiger charge is 2.49. The van der Waals surface area contributed by atoms with Crippen molar-refractivity contribution in [3.8, 4) is 0 Å². The van der Waals surface area contributed by atoms with E-state index in [0.717, 1.165) is 0 Å². The molecule has 1 aromatic rings. The van der Waals surface area contributed by atoms with Gasteiger partial charge in [0.05, 0.1) is 4.92 Å². The number of aryl methyl sites for hydroxylation is 1. The predicted octanol–water partition coefficient (Wildman–Crippen LogP) is 2.04. The molecule has 2 unspecified atom stereocenters. The molecular formula is C16H27N5O5. The lowest BCUT2D eigenvalue weighted by molar-refractivity contribution is -0.384. The van der Waals surface area contributed by atoms with Gasteiger partial charge in [-0.15, -0.1) is 0 Å². The molecule has 1 saturated heterocycles. The minimum absolute atomic E-state index is 0.0427. The number of amides is 1. The molecule has 0 radical (unpaired) electrons. The largest absolute Gasteiger partial charge is 0.417 e. The van der Waals surface area contributed by atoms with Crippen LogP contribution in [0.2, 0.25) is 0 Å². The van der Waals surface area contributed by atoms with Gasteiger partial charge in [-0.1, -0.05) is 20.8 Å². The second-order valence-electron chi connectivity index (χ2n) is 7.52. The van der Waals surface area contributed by atoms with Crippen molar-refractivity contribution in [2.75, 3.05) is 25.6 Å². The lowest BCUT2D eigenvalue weighted by Crippen LogP contribution is -2.58. The number of methoxy groups -OCH3 is 1. The average molecular weight is 369 g/mol. The molecule has 1 amide bonds. The molecule has 10 nitrogen and oxygen atoms in total. The molecule has 2 atom stereocenters. The number of carbonyl (C=O) groups excluding carboxylic acids is 1. The monoisotopic (exact) mass is 369 g/mol. The van der Waals surface area contributed by atoms with Crippen molar-refractivity contribution in [2.24, 2.45) is 12.5 Å². The van der Waals surface area contributed by atoms with Gasteiger partial charge in [-0.25, -0.2) is 9.48 Å². The summed E-state index contributed by atoms with van der Waals surface area (Å²) >= 11 is 0. The van der Waals surface area contributed by atoms with E-state index >= 15 is 0 Å². The van der Waals surface area contributed by atoms with Gasteiger partial charge in [0.2, 0.25) is 11.6 Å². The number of nitro groups is 1. The highest BCUT2D eigenvalue weighted by Crippen LogP contribution is 2.43. The minimum Gasteiger partial charge on any atom is -0.417 e. The zero-order chi connectivity index (χ0) is 19.7. The molecule has 10 heteroatoms. The van der Waals surface area contributed by atoms with Crippen molar-refractivity contribution < 1.29 is 19.2 Å². The highest BCUT2D eigenvalue weighted by atomic mass is 16.7. The SMILES string of the molecule is CNC(=O)OC1(OC)CCN(c2c([N+](=O)[O-])cnn2C)C(C(C)(C)C)C1. The highest BCUT2D eigenvalue weighted by molar-refractivity contribution is 5.67. The molecule has 1 aliphatic rings. The van der Waals surface area contributed by atoms with E-state index < -0.39 is 16.8 Å². The van der Waals surface area contributed by atoms with Crippen LogP contribution in [-0.4, -0.2) is 53.3 Å². The maximum Gasteiger partial charge on any atom is 0.409 e. The van der Waals surface area contributed by atoms with Crippen LogP contribution in [0, 0.1) is 15.5 Å². The maximum absolute atomic E-state index is 11.8. The quantitative estimate of drug-likeness (QED) is 0.491. The van der Waals surface area contributed by atoms with Crippen LogP contribution < -0.4 is 10.2 Å². The Morgan fingerprint density at radius 3 is 2.65 bits per heavy atom. The van der Waals surface area contributed by atoms with E-state index in [1.54, 1.807) is 7.05 Å². The number of anilines is 1. The normalized spacial score (nSPS) is 23.6. The fourth-order valence-corrected chi connectivity index (χ4v) is 3.40. The van der Waals surface area contributed by atoms with Crippen molar-refractivity contribution in [1.29, 1.82) is 0 Å². The van der Waals surface area contributed by atoms with Crippen molar-refractivity contribution >= 4 is 17.6 Å². The third kappa shape index (κ3) is 3.74. The van der Waals surface area contributed by atoms with E-state index in [2.05, 4.69) is 10.4 Å². The van der Waals surface area contributed by atoms with Gasteiger partial charge >= 0.3 is 11.8 Å². The second-order valence-corrected chi connectivity index (χ2v) is 7.52. The molecule has 2 heterocycles. The van der Waals surface area contributed by atoms with Gasteiger partial charge < -0.3 is 19.7 Å². The van der Waals surface area contributed by atoms with Crippen LogP contribution in [0.3, 0.4) is 0 Å². The van der Waals surface area contributed by atoms with Gasteiger partial charge in [0.15, 0.2) is 0 Å². The van der Waals surface area contributed by atoms with E-state index in [1.807, 2.05) is 25.7 Å². The number of hydrogen-bond acceptors (Lipinski definition) is 7. The van der Waals surface area contributed by atoms with Gasteiger partial charge in [0, 0.05) is 46.6 Å². The zero-order valence-corrected chi connectivity index (χ0v) is 16.1. The van der Waals surface area contributed by atoms with E-state index in [1.165, 1.54) is 25.0 Å². The Bertz CT molecular complexity index is 683. The average Bonchev–Trinajstić information content (AvgIpc) is 2.95. The Balaban J connectivity index is 2.43. The Kier molecular flexibility index (Phi) is 5.45. The molecule has 0 saturated carbocycles. The van der Waals surface area contributed by atoms with Gasteiger partial charge in [-0.2, -0.15) is 5.10 Å². The van der Waals surface area contributed by atoms with E-state index in [9.17, 15) is 14.9 Å². The van der Waals surface area contributed by atoms with Gasteiger partial charge in [0.25, 0.3) is 0 Å². The predicted molar refractivity (Wildman–Crippen MR) is 95.0 cm³/mol. The first-order chi connectivity index (χ1) is 12.0. The standard InChI is InChI=1S/C16H27N5O5/c1-15(2,3)12-9-16(25-6,26-14(22)17-4)7-8-20(12)13-11(21(23)24)10-18-19(13)5/h10,12H,7-9H2,1-6H3,(H,17,22). The Labute approximate surface area is 152 Å².